The van der Waals surface area contributed by atoms with Gasteiger partial charge in [-0.2, -0.15) is 0 Å². The predicted molar refractivity (Wildman–Crippen MR) is 105 cm³/mol. The van der Waals surface area contributed by atoms with E-state index in [0.717, 1.165) is 28.4 Å². The van der Waals surface area contributed by atoms with E-state index in [0.29, 0.717) is 25.5 Å². The van der Waals surface area contributed by atoms with Crippen molar-refractivity contribution in [3.8, 4) is 11.5 Å². The van der Waals surface area contributed by atoms with Crippen molar-refractivity contribution >= 4 is 17.7 Å². The van der Waals surface area contributed by atoms with Crippen LogP contribution >= 0.6 is 11.8 Å². The molecule has 0 aromatic heterocycles. The Morgan fingerprint density at radius 3 is 2.58 bits per heavy atom. The number of hydrogen-bond acceptors (Lipinski definition) is 4. The van der Waals surface area contributed by atoms with Crippen LogP contribution in [0.4, 0.5) is 0 Å². The number of hydrogen-bond donors (Lipinski definition) is 0. The predicted octanol–water partition coefficient (Wildman–Crippen LogP) is 4.38. The molecule has 0 spiro atoms. The number of ether oxygens (including phenoxy) is 2. The number of nitrogens with zero attached hydrogens (tertiary/aromatic N) is 1. The number of carbonyl (C=O) groups excluding carboxylic acids is 1. The molecule has 1 amide bonds. The van der Waals surface area contributed by atoms with Crippen LogP contribution in [0.25, 0.3) is 0 Å². The summed E-state index contributed by atoms with van der Waals surface area (Å²) >= 11 is 1.54. The molecule has 1 atom stereocenters. The van der Waals surface area contributed by atoms with Gasteiger partial charge in [0.25, 0.3) is 0 Å². The first kappa shape index (κ1) is 18.6. The van der Waals surface area contributed by atoms with E-state index in [9.17, 15) is 4.79 Å². The van der Waals surface area contributed by atoms with Gasteiger partial charge >= 0.3 is 0 Å². The maximum Gasteiger partial charge on any atom is 0.233 e. The quantitative estimate of drug-likeness (QED) is 0.677. The Hall–Kier alpha value is -2.14. The minimum Gasteiger partial charge on any atom is -0.486 e. The lowest BCUT2D eigenvalue weighted by Gasteiger charge is -2.29. The van der Waals surface area contributed by atoms with Gasteiger partial charge in [-0.1, -0.05) is 37.3 Å². The number of rotatable bonds is 7. The van der Waals surface area contributed by atoms with Gasteiger partial charge in [0.05, 0.1) is 5.75 Å². The Kier molecular flexibility index (Phi) is 6.45. The first-order valence-electron chi connectivity index (χ1n) is 9.03. The molecule has 2 aromatic carbocycles. The average Bonchev–Trinajstić information content (AvgIpc) is 2.70. The van der Waals surface area contributed by atoms with Crippen molar-refractivity contribution in [3.05, 3.63) is 54.1 Å². The summed E-state index contributed by atoms with van der Waals surface area (Å²) in [6, 6.07) is 16.2. The molecular weight excluding hydrogens is 346 g/mol. The molecule has 1 heterocycles. The lowest BCUT2D eigenvalue weighted by molar-refractivity contribution is -0.131. The molecule has 0 fully saturated rings. The van der Waals surface area contributed by atoms with E-state index in [-0.39, 0.29) is 11.9 Å². The van der Waals surface area contributed by atoms with Gasteiger partial charge in [0.15, 0.2) is 11.5 Å². The minimum atomic E-state index is 0.156. The van der Waals surface area contributed by atoms with Crippen LogP contribution in [-0.2, 0) is 11.3 Å². The van der Waals surface area contributed by atoms with Crippen LogP contribution < -0.4 is 9.47 Å². The third kappa shape index (κ3) is 4.73. The number of benzene rings is 2. The van der Waals surface area contributed by atoms with Gasteiger partial charge in [-0.05, 0) is 37.1 Å². The van der Waals surface area contributed by atoms with Crippen molar-refractivity contribution in [3.63, 3.8) is 0 Å². The molecule has 3 rings (SSSR count). The topological polar surface area (TPSA) is 38.8 Å². The van der Waals surface area contributed by atoms with Gasteiger partial charge in [-0.3, -0.25) is 4.79 Å². The van der Waals surface area contributed by atoms with Gasteiger partial charge in [-0.25, -0.2) is 0 Å². The van der Waals surface area contributed by atoms with E-state index in [2.05, 4.69) is 26.0 Å². The Morgan fingerprint density at radius 2 is 1.85 bits per heavy atom. The van der Waals surface area contributed by atoms with Gasteiger partial charge < -0.3 is 14.4 Å². The zero-order chi connectivity index (χ0) is 18.4. The second-order valence-electron chi connectivity index (χ2n) is 6.36. The van der Waals surface area contributed by atoms with Crippen molar-refractivity contribution in [2.24, 2.45) is 0 Å². The molecule has 0 aliphatic carbocycles. The minimum absolute atomic E-state index is 0.156. The Labute approximate surface area is 159 Å². The van der Waals surface area contributed by atoms with Crippen LogP contribution in [0.5, 0.6) is 11.5 Å². The van der Waals surface area contributed by atoms with E-state index in [1.807, 2.05) is 41.3 Å². The Balaban J connectivity index is 1.64. The molecule has 1 aliphatic rings. The fourth-order valence-electron chi connectivity index (χ4n) is 2.83. The van der Waals surface area contributed by atoms with Crippen LogP contribution in [-0.4, -0.2) is 35.8 Å². The van der Waals surface area contributed by atoms with Gasteiger partial charge in [0.2, 0.25) is 5.91 Å². The largest absolute Gasteiger partial charge is 0.486 e. The first-order chi connectivity index (χ1) is 12.7. The standard InChI is InChI=1S/C21H25NO3S/c1-3-16(2)22(14-17-7-5-4-6-8-17)21(23)15-26-18-9-10-19-20(13-18)25-12-11-24-19/h4-10,13,16H,3,11-12,14-15H2,1-2H3. The van der Waals surface area contributed by atoms with E-state index in [1.54, 1.807) is 11.8 Å². The van der Waals surface area contributed by atoms with Crippen molar-refractivity contribution in [1.82, 2.24) is 4.90 Å². The van der Waals surface area contributed by atoms with E-state index in [4.69, 9.17) is 9.47 Å². The molecule has 5 heteroatoms. The summed E-state index contributed by atoms with van der Waals surface area (Å²) in [4.78, 5) is 15.9. The zero-order valence-electron chi connectivity index (χ0n) is 15.3. The SMILES string of the molecule is CCC(C)N(Cc1ccccc1)C(=O)CSc1ccc2c(c1)OCCO2. The summed E-state index contributed by atoms with van der Waals surface area (Å²) in [7, 11) is 0. The van der Waals surface area contributed by atoms with E-state index >= 15 is 0 Å². The fourth-order valence-corrected chi connectivity index (χ4v) is 3.64. The molecule has 26 heavy (non-hydrogen) atoms. The third-order valence-electron chi connectivity index (χ3n) is 4.51. The fraction of sp³-hybridized carbons (Fsp3) is 0.381. The van der Waals surface area contributed by atoms with Gasteiger partial charge in [0.1, 0.15) is 13.2 Å². The van der Waals surface area contributed by atoms with Crippen LogP contribution in [0.15, 0.2) is 53.4 Å². The normalized spacial score (nSPS) is 13.9. The number of thioether (sulfide) groups is 1. The molecule has 0 saturated carbocycles. The van der Waals surface area contributed by atoms with Crippen molar-refractivity contribution in [2.45, 2.75) is 37.8 Å². The van der Waals surface area contributed by atoms with Crippen LogP contribution in [0.2, 0.25) is 0 Å². The highest BCUT2D eigenvalue weighted by atomic mass is 32.2. The molecular formula is C21H25NO3S. The van der Waals surface area contributed by atoms with Crippen molar-refractivity contribution in [1.29, 1.82) is 0 Å². The molecule has 0 bridgehead atoms. The van der Waals surface area contributed by atoms with Crippen LogP contribution in [0, 0.1) is 0 Å². The molecule has 4 nitrogen and oxygen atoms in total. The highest BCUT2D eigenvalue weighted by Gasteiger charge is 2.20. The number of fused-ring (bicyclic) bond motifs is 1. The Morgan fingerprint density at radius 1 is 1.12 bits per heavy atom. The smallest absolute Gasteiger partial charge is 0.233 e. The van der Waals surface area contributed by atoms with Crippen LogP contribution in [0.1, 0.15) is 25.8 Å². The van der Waals surface area contributed by atoms with Crippen LogP contribution in [0.3, 0.4) is 0 Å². The maximum absolute atomic E-state index is 12.9. The zero-order valence-corrected chi connectivity index (χ0v) is 16.1. The van der Waals surface area contributed by atoms with E-state index < -0.39 is 0 Å². The molecule has 1 aliphatic heterocycles. The van der Waals surface area contributed by atoms with Crippen molar-refractivity contribution in [2.75, 3.05) is 19.0 Å². The number of carbonyl (C=O) groups is 1. The molecule has 138 valence electrons. The van der Waals surface area contributed by atoms with Gasteiger partial charge in [0, 0.05) is 17.5 Å². The second-order valence-corrected chi connectivity index (χ2v) is 7.41. The third-order valence-corrected chi connectivity index (χ3v) is 5.49. The Bertz CT molecular complexity index is 735. The average molecular weight is 372 g/mol. The first-order valence-corrected chi connectivity index (χ1v) is 10.0. The molecule has 0 saturated heterocycles. The highest BCUT2D eigenvalue weighted by molar-refractivity contribution is 8.00. The number of amides is 1. The van der Waals surface area contributed by atoms with Gasteiger partial charge in [-0.15, -0.1) is 11.8 Å². The second kappa shape index (κ2) is 8.99. The highest BCUT2D eigenvalue weighted by Crippen LogP contribution is 2.34. The molecule has 0 N–H and O–H groups in total. The maximum atomic E-state index is 12.9. The molecule has 0 radical (unpaired) electrons. The summed E-state index contributed by atoms with van der Waals surface area (Å²) in [5.74, 6) is 2.11. The molecule has 2 aromatic rings. The monoisotopic (exact) mass is 371 g/mol. The summed E-state index contributed by atoms with van der Waals surface area (Å²) < 4.78 is 11.2. The van der Waals surface area contributed by atoms with E-state index in [1.165, 1.54) is 0 Å². The summed E-state index contributed by atoms with van der Waals surface area (Å²) in [6.45, 7) is 6.02. The summed E-state index contributed by atoms with van der Waals surface area (Å²) in [5, 5.41) is 0. The summed E-state index contributed by atoms with van der Waals surface area (Å²) in [6.07, 6.45) is 0.938. The lowest BCUT2D eigenvalue weighted by Crippen LogP contribution is -2.38. The summed E-state index contributed by atoms with van der Waals surface area (Å²) in [5.41, 5.74) is 1.16. The lowest BCUT2D eigenvalue weighted by atomic mass is 10.1. The molecule has 1 unspecified atom stereocenters. The van der Waals surface area contributed by atoms with Crippen molar-refractivity contribution < 1.29 is 14.3 Å².